The van der Waals surface area contributed by atoms with Crippen molar-refractivity contribution in [3.63, 3.8) is 0 Å². The van der Waals surface area contributed by atoms with Crippen molar-refractivity contribution < 1.29 is 18.8 Å². The molecule has 6 heteroatoms. The number of nitrogens with zero attached hydrogens (tertiary/aromatic N) is 1. The minimum Gasteiger partial charge on any atom is -0.462 e. The van der Waals surface area contributed by atoms with Crippen LogP contribution in [0.15, 0.2) is 59.1 Å². The van der Waals surface area contributed by atoms with Gasteiger partial charge in [0.15, 0.2) is 0 Å². The van der Waals surface area contributed by atoms with E-state index >= 15 is 0 Å². The molecule has 1 amide bonds. The fraction of sp³-hybridized carbons (Fsp3) is 0.150. The summed E-state index contributed by atoms with van der Waals surface area (Å²) in [5.74, 6) is -0.374. The molecule has 132 valence electrons. The van der Waals surface area contributed by atoms with Gasteiger partial charge in [0.1, 0.15) is 17.0 Å². The average Bonchev–Trinajstić information content (AvgIpc) is 3.04. The van der Waals surface area contributed by atoms with Crippen LogP contribution in [0.2, 0.25) is 0 Å². The number of aryl methyl sites for hydroxylation is 1. The molecule has 1 heterocycles. The van der Waals surface area contributed by atoms with E-state index in [1.54, 1.807) is 38.1 Å². The topological polar surface area (TPSA) is 81.4 Å². The Morgan fingerprint density at radius 1 is 1.12 bits per heavy atom. The predicted molar refractivity (Wildman–Crippen MR) is 97.0 cm³/mol. The second-order valence-corrected chi connectivity index (χ2v) is 5.58. The maximum absolute atomic E-state index is 12.8. The standard InChI is InChI=1S/C20H18N2O4/c1-3-25-20(24)15-10-7-11-16(12-15)21-19(23)17-13(2)26-22-18(17)14-8-5-4-6-9-14/h4-12H,3H2,1-2H3,(H,21,23). The molecule has 2 aromatic carbocycles. The number of benzene rings is 2. The van der Waals surface area contributed by atoms with Crippen LogP contribution in [-0.4, -0.2) is 23.6 Å². The van der Waals surface area contributed by atoms with Gasteiger partial charge in [0.05, 0.1) is 12.2 Å². The second kappa shape index (κ2) is 7.65. The molecule has 1 aromatic heterocycles. The molecule has 3 aromatic rings. The van der Waals surface area contributed by atoms with Crippen LogP contribution in [0.3, 0.4) is 0 Å². The highest BCUT2D eigenvalue weighted by atomic mass is 16.5. The summed E-state index contributed by atoms with van der Waals surface area (Å²) >= 11 is 0. The van der Waals surface area contributed by atoms with E-state index in [0.717, 1.165) is 5.56 Å². The van der Waals surface area contributed by atoms with Crippen LogP contribution < -0.4 is 5.32 Å². The van der Waals surface area contributed by atoms with E-state index in [-0.39, 0.29) is 12.5 Å². The maximum atomic E-state index is 12.8. The normalized spacial score (nSPS) is 10.4. The number of amides is 1. The summed E-state index contributed by atoms with van der Waals surface area (Å²) in [6.45, 7) is 3.71. The molecule has 6 nitrogen and oxygen atoms in total. The van der Waals surface area contributed by atoms with Gasteiger partial charge in [-0.3, -0.25) is 4.79 Å². The Bertz CT molecular complexity index is 932. The van der Waals surface area contributed by atoms with Crippen molar-refractivity contribution in [1.82, 2.24) is 5.16 Å². The molecule has 0 bridgehead atoms. The van der Waals surface area contributed by atoms with Gasteiger partial charge in [-0.05, 0) is 32.0 Å². The van der Waals surface area contributed by atoms with E-state index in [1.165, 1.54) is 0 Å². The van der Waals surface area contributed by atoms with E-state index < -0.39 is 5.97 Å². The van der Waals surface area contributed by atoms with Crippen molar-refractivity contribution in [1.29, 1.82) is 0 Å². The van der Waals surface area contributed by atoms with Crippen molar-refractivity contribution in [2.75, 3.05) is 11.9 Å². The summed E-state index contributed by atoms with van der Waals surface area (Å²) < 4.78 is 10.2. The molecule has 0 unspecified atom stereocenters. The third-order valence-corrected chi connectivity index (χ3v) is 3.77. The van der Waals surface area contributed by atoms with Crippen LogP contribution in [0.25, 0.3) is 11.3 Å². The Hall–Kier alpha value is -3.41. The zero-order valence-corrected chi connectivity index (χ0v) is 14.5. The summed E-state index contributed by atoms with van der Waals surface area (Å²) in [5.41, 5.74) is 2.48. The first-order chi connectivity index (χ1) is 12.6. The molecule has 0 spiro atoms. The Labute approximate surface area is 150 Å². The molecule has 3 rings (SSSR count). The summed E-state index contributed by atoms with van der Waals surface area (Å²) in [6.07, 6.45) is 0. The molecule has 0 aliphatic heterocycles. The first kappa shape index (κ1) is 17.4. The number of carbonyl (C=O) groups excluding carboxylic acids is 2. The van der Waals surface area contributed by atoms with Crippen molar-refractivity contribution >= 4 is 17.6 Å². The third kappa shape index (κ3) is 3.64. The summed E-state index contributed by atoms with van der Waals surface area (Å²) in [4.78, 5) is 24.6. The third-order valence-electron chi connectivity index (χ3n) is 3.77. The molecule has 26 heavy (non-hydrogen) atoms. The van der Waals surface area contributed by atoms with Gasteiger partial charge in [0.2, 0.25) is 0 Å². The molecular formula is C20H18N2O4. The van der Waals surface area contributed by atoms with Crippen molar-refractivity contribution in [3.8, 4) is 11.3 Å². The predicted octanol–water partition coefficient (Wildman–Crippen LogP) is 4.08. The van der Waals surface area contributed by atoms with E-state index in [0.29, 0.717) is 28.3 Å². The van der Waals surface area contributed by atoms with Gasteiger partial charge in [-0.1, -0.05) is 41.6 Å². The SMILES string of the molecule is CCOC(=O)c1cccc(NC(=O)c2c(-c3ccccc3)noc2C)c1. The lowest BCUT2D eigenvalue weighted by molar-refractivity contribution is 0.0526. The maximum Gasteiger partial charge on any atom is 0.338 e. The molecule has 0 aliphatic carbocycles. The number of aromatic nitrogens is 1. The fourth-order valence-electron chi connectivity index (χ4n) is 2.56. The van der Waals surface area contributed by atoms with Crippen LogP contribution >= 0.6 is 0 Å². The summed E-state index contributed by atoms with van der Waals surface area (Å²) in [7, 11) is 0. The number of ether oxygens (including phenoxy) is 1. The molecule has 0 saturated carbocycles. The van der Waals surface area contributed by atoms with E-state index in [4.69, 9.17) is 9.26 Å². The molecule has 0 radical (unpaired) electrons. The lowest BCUT2D eigenvalue weighted by atomic mass is 10.1. The van der Waals surface area contributed by atoms with Gasteiger partial charge in [0, 0.05) is 11.3 Å². The quantitative estimate of drug-likeness (QED) is 0.701. The summed E-state index contributed by atoms with van der Waals surface area (Å²) in [6, 6.07) is 15.9. The highest BCUT2D eigenvalue weighted by molar-refractivity contribution is 6.09. The largest absolute Gasteiger partial charge is 0.462 e. The minimum absolute atomic E-state index is 0.287. The number of hydrogen-bond donors (Lipinski definition) is 1. The lowest BCUT2D eigenvalue weighted by Crippen LogP contribution is -2.14. The first-order valence-corrected chi connectivity index (χ1v) is 8.20. The second-order valence-electron chi connectivity index (χ2n) is 5.58. The Kier molecular flexibility index (Phi) is 5.12. The number of hydrogen-bond acceptors (Lipinski definition) is 5. The van der Waals surface area contributed by atoms with Crippen LogP contribution in [0.4, 0.5) is 5.69 Å². The molecule has 0 atom stereocenters. The fourth-order valence-corrected chi connectivity index (χ4v) is 2.56. The monoisotopic (exact) mass is 350 g/mol. The van der Waals surface area contributed by atoms with E-state index in [1.807, 2.05) is 30.3 Å². The average molecular weight is 350 g/mol. The Balaban J connectivity index is 1.87. The van der Waals surface area contributed by atoms with Gasteiger partial charge in [-0.25, -0.2) is 4.79 Å². The number of rotatable bonds is 5. The van der Waals surface area contributed by atoms with Crippen molar-refractivity contribution in [2.45, 2.75) is 13.8 Å². The number of anilines is 1. The van der Waals surface area contributed by atoms with Gasteiger partial charge in [-0.2, -0.15) is 0 Å². The number of carbonyl (C=O) groups is 2. The van der Waals surface area contributed by atoms with Gasteiger partial charge >= 0.3 is 5.97 Å². The molecular weight excluding hydrogens is 332 g/mol. The minimum atomic E-state index is -0.435. The van der Waals surface area contributed by atoms with Crippen LogP contribution in [0.5, 0.6) is 0 Å². The van der Waals surface area contributed by atoms with E-state index in [9.17, 15) is 9.59 Å². The van der Waals surface area contributed by atoms with E-state index in [2.05, 4.69) is 10.5 Å². The van der Waals surface area contributed by atoms with Gasteiger partial charge < -0.3 is 14.6 Å². The van der Waals surface area contributed by atoms with Crippen LogP contribution in [0.1, 0.15) is 33.4 Å². The highest BCUT2D eigenvalue weighted by Gasteiger charge is 2.22. The zero-order chi connectivity index (χ0) is 18.5. The number of esters is 1. The molecule has 0 aliphatic rings. The van der Waals surface area contributed by atoms with Crippen molar-refractivity contribution in [2.24, 2.45) is 0 Å². The molecule has 1 N–H and O–H groups in total. The highest BCUT2D eigenvalue weighted by Crippen LogP contribution is 2.26. The number of nitrogens with one attached hydrogen (secondary N) is 1. The molecule has 0 fully saturated rings. The van der Waals surface area contributed by atoms with Gasteiger partial charge in [0.25, 0.3) is 5.91 Å². The summed E-state index contributed by atoms with van der Waals surface area (Å²) in [5, 5.41) is 6.79. The zero-order valence-electron chi connectivity index (χ0n) is 14.5. The lowest BCUT2D eigenvalue weighted by Gasteiger charge is -2.08. The van der Waals surface area contributed by atoms with Crippen LogP contribution in [0, 0.1) is 6.92 Å². The Morgan fingerprint density at radius 2 is 1.88 bits per heavy atom. The Morgan fingerprint density at radius 3 is 2.62 bits per heavy atom. The van der Waals surface area contributed by atoms with Gasteiger partial charge in [-0.15, -0.1) is 0 Å². The first-order valence-electron chi connectivity index (χ1n) is 8.20. The van der Waals surface area contributed by atoms with Crippen LogP contribution in [-0.2, 0) is 4.74 Å². The smallest absolute Gasteiger partial charge is 0.338 e. The molecule has 0 saturated heterocycles. The van der Waals surface area contributed by atoms with Crippen molar-refractivity contribution in [3.05, 3.63) is 71.5 Å².